The Balaban J connectivity index is 1.70. The fraction of sp³-hybridized carbons (Fsp3) is 1.00. The number of thioether (sulfide) groups is 1. The number of nitrogens with one attached hydrogen (secondary N) is 1. The summed E-state index contributed by atoms with van der Waals surface area (Å²) in [6, 6.07) is 1.66. The summed E-state index contributed by atoms with van der Waals surface area (Å²) < 4.78 is 0. The van der Waals surface area contributed by atoms with Crippen LogP contribution in [0.4, 0.5) is 0 Å². The Morgan fingerprint density at radius 1 is 1.20 bits per heavy atom. The molecule has 0 aromatic heterocycles. The van der Waals surface area contributed by atoms with Gasteiger partial charge in [-0.1, -0.05) is 20.3 Å². The van der Waals surface area contributed by atoms with Gasteiger partial charge < -0.3 is 5.32 Å². The summed E-state index contributed by atoms with van der Waals surface area (Å²) in [5.41, 5.74) is 0. The largest absolute Gasteiger partial charge is 0.310 e. The van der Waals surface area contributed by atoms with Gasteiger partial charge in [-0.2, -0.15) is 11.8 Å². The Morgan fingerprint density at radius 2 is 1.93 bits per heavy atom. The van der Waals surface area contributed by atoms with Crippen LogP contribution < -0.4 is 5.32 Å². The third kappa shape index (κ3) is 2.71. The van der Waals surface area contributed by atoms with E-state index in [0.717, 1.165) is 29.2 Å². The van der Waals surface area contributed by atoms with Crippen LogP contribution in [0.1, 0.15) is 46.0 Å². The maximum atomic E-state index is 3.88. The first kappa shape index (κ1) is 11.8. The lowest BCUT2D eigenvalue weighted by molar-refractivity contribution is 0.158. The summed E-state index contributed by atoms with van der Waals surface area (Å²) in [5, 5.41) is 4.77. The minimum absolute atomic E-state index is 0.818. The van der Waals surface area contributed by atoms with Gasteiger partial charge in [0.2, 0.25) is 0 Å². The van der Waals surface area contributed by atoms with E-state index in [1.165, 1.54) is 32.1 Å². The minimum Gasteiger partial charge on any atom is -0.310 e. The van der Waals surface area contributed by atoms with E-state index in [-0.39, 0.29) is 0 Å². The molecule has 0 radical (unpaired) electrons. The summed E-state index contributed by atoms with van der Waals surface area (Å²) in [5.74, 6) is 1.89. The predicted octanol–water partition coefficient (Wildman–Crippen LogP) is 3.29. The molecule has 0 bridgehead atoms. The molecule has 0 saturated heterocycles. The molecule has 2 rings (SSSR count). The van der Waals surface area contributed by atoms with Crippen molar-refractivity contribution < 1.29 is 0 Å². The number of hydrogen-bond donors (Lipinski definition) is 1. The van der Waals surface area contributed by atoms with E-state index in [9.17, 15) is 0 Å². The molecule has 2 unspecified atom stereocenters. The average Bonchev–Trinajstić information content (AvgIpc) is 2.56. The molecule has 15 heavy (non-hydrogen) atoms. The van der Waals surface area contributed by atoms with Gasteiger partial charge in [0.25, 0.3) is 0 Å². The minimum atomic E-state index is 0.818. The average molecular weight is 227 g/mol. The van der Waals surface area contributed by atoms with Crippen LogP contribution in [0, 0.1) is 11.8 Å². The van der Waals surface area contributed by atoms with Gasteiger partial charge in [0.05, 0.1) is 0 Å². The lowest BCUT2D eigenvalue weighted by atomic mass is 9.73. The quantitative estimate of drug-likeness (QED) is 0.791. The highest BCUT2D eigenvalue weighted by molar-refractivity contribution is 7.99. The third-order valence-corrected chi connectivity index (χ3v) is 5.49. The normalized spacial score (nSPS) is 40.8. The van der Waals surface area contributed by atoms with Gasteiger partial charge in [-0.25, -0.2) is 0 Å². The molecule has 2 aliphatic rings. The van der Waals surface area contributed by atoms with Crippen LogP contribution >= 0.6 is 11.8 Å². The van der Waals surface area contributed by atoms with E-state index in [1.807, 2.05) is 0 Å². The van der Waals surface area contributed by atoms with Gasteiger partial charge in [0, 0.05) is 17.3 Å². The Labute approximate surface area is 98.8 Å². The van der Waals surface area contributed by atoms with Crippen molar-refractivity contribution in [2.75, 3.05) is 6.26 Å². The molecule has 2 saturated carbocycles. The zero-order chi connectivity index (χ0) is 10.8. The molecule has 0 aromatic rings. The van der Waals surface area contributed by atoms with Crippen LogP contribution in [-0.2, 0) is 0 Å². The molecular formula is C13H25NS. The highest BCUT2D eigenvalue weighted by Gasteiger charge is 2.35. The fourth-order valence-electron chi connectivity index (χ4n) is 3.04. The van der Waals surface area contributed by atoms with Crippen molar-refractivity contribution in [2.45, 2.75) is 63.3 Å². The molecule has 88 valence electrons. The summed E-state index contributed by atoms with van der Waals surface area (Å²) in [7, 11) is 0. The van der Waals surface area contributed by atoms with Crippen molar-refractivity contribution in [1.29, 1.82) is 0 Å². The van der Waals surface area contributed by atoms with E-state index in [1.54, 1.807) is 0 Å². The lowest BCUT2D eigenvalue weighted by Crippen LogP contribution is -2.49. The standard InChI is InChI=1S/C13H25NS/c1-9(2)10-7-11(8-10)14-12-5-4-6-13(12)15-3/h9-14H,4-8H2,1-3H3. The van der Waals surface area contributed by atoms with Gasteiger partial charge >= 0.3 is 0 Å². The van der Waals surface area contributed by atoms with Crippen molar-refractivity contribution in [3.63, 3.8) is 0 Å². The first-order valence-corrected chi connectivity index (χ1v) is 7.78. The van der Waals surface area contributed by atoms with Crippen molar-refractivity contribution >= 4 is 11.8 Å². The molecule has 0 spiro atoms. The molecule has 1 nitrogen and oxygen atoms in total. The molecule has 0 aromatic carbocycles. The fourth-order valence-corrected chi connectivity index (χ4v) is 3.99. The molecule has 0 heterocycles. The van der Waals surface area contributed by atoms with E-state index in [0.29, 0.717) is 0 Å². The van der Waals surface area contributed by atoms with Crippen LogP contribution in [0.5, 0.6) is 0 Å². The van der Waals surface area contributed by atoms with Gasteiger partial charge in [-0.3, -0.25) is 0 Å². The Morgan fingerprint density at radius 3 is 2.53 bits per heavy atom. The summed E-state index contributed by atoms with van der Waals surface area (Å²) >= 11 is 2.06. The lowest BCUT2D eigenvalue weighted by Gasteiger charge is -2.41. The van der Waals surface area contributed by atoms with Crippen molar-refractivity contribution in [3.8, 4) is 0 Å². The van der Waals surface area contributed by atoms with E-state index in [4.69, 9.17) is 0 Å². The molecule has 1 N–H and O–H groups in total. The van der Waals surface area contributed by atoms with Crippen LogP contribution in [0.2, 0.25) is 0 Å². The smallest absolute Gasteiger partial charge is 0.0198 e. The van der Waals surface area contributed by atoms with Crippen molar-refractivity contribution in [3.05, 3.63) is 0 Å². The van der Waals surface area contributed by atoms with Gasteiger partial charge in [0.1, 0.15) is 0 Å². The molecule has 2 atom stereocenters. The zero-order valence-electron chi connectivity index (χ0n) is 10.3. The highest BCUT2D eigenvalue weighted by atomic mass is 32.2. The molecule has 2 aliphatic carbocycles. The molecule has 2 heteroatoms. The second-order valence-electron chi connectivity index (χ2n) is 5.65. The topological polar surface area (TPSA) is 12.0 Å². The first-order valence-electron chi connectivity index (χ1n) is 6.49. The summed E-state index contributed by atoms with van der Waals surface area (Å²) in [6.45, 7) is 4.72. The van der Waals surface area contributed by atoms with Crippen LogP contribution in [-0.4, -0.2) is 23.6 Å². The Hall–Kier alpha value is 0.310. The molecule has 2 fully saturated rings. The van der Waals surface area contributed by atoms with Crippen molar-refractivity contribution in [2.24, 2.45) is 11.8 Å². The number of rotatable bonds is 4. The van der Waals surface area contributed by atoms with Crippen LogP contribution in [0.3, 0.4) is 0 Å². The molecular weight excluding hydrogens is 202 g/mol. The zero-order valence-corrected chi connectivity index (χ0v) is 11.1. The highest BCUT2D eigenvalue weighted by Crippen LogP contribution is 2.36. The third-order valence-electron chi connectivity index (χ3n) is 4.32. The van der Waals surface area contributed by atoms with Gasteiger partial charge in [-0.15, -0.1) is 0 Å². The van der Waals surface area contributed by atoms with Gasteiger partial charge in [-0.05, 0) is 43.8 Å². The SMILES string of the molecule is CSC1CCCC1NC1CC(C(C)C)C1. The maximum absolute atomic E-state index is 3.88. The van der Waals surface area contributed by atoms with Crippen LogP contribution in [0.25, 0.3) is 0 Å². The predicted molar refractivity (Wildman–Crippen MR) is 69.4 cm³/mol. The summed E-state index contributed by atoms with van der Waals surface area (Å²) in [6.07, 6.45) is 9.39. The van der Waals surface area contributed by atoms with Gasteiger partial charge in [0.15, 0.2) is 0 Å². The second-order valence-corrected chi connectivity index (χ2v) is 6.73. The Kier molecular flexibility index (Phi) is 4.00. The molecule has 0 aliphatic heterocycles. The molecule has 0 amide bonds. The monoisotopic (exact) mass is 227 g/mol. The van der Waals surface area contributed by atoms with E-state index in [2.05, 4.69) is 37.2 Å². The van der Waals surface area contributed by atoms with Crippen LogP contribution in [0.15, 0.2) is 0 Å². The van der Waals surface area contributed by atoms with Crippen molar-refractivity contribution in [1.82, 2.24) is 5.32 Å². The Bertz CT molecular complexity index is 199. The second kappa shape index (κ2) is 5.09. The summed E-state index contributed by atoms with van der Waals surface area (Å²) in [4.78, 5) is 0. The maximum Gasteiger partial charge on any atom is 0.0198 e. The van der Waals surface area contributed by atoms with E-state index >= 15 is 0 Å². The van der Waals surface area contributed by atoms with E-state index < -0.39 is 0 Å². The first-order chi connectivity index (χ1) is 7.20. The number of hydrogen-bond acceptors (Lipinski definition) is 2.